The van der Waals surface area contributed by atoms with Crippen molar-refractivity contribution in [2.45, 2.75) is 13.8 Å². The molecule has 3 rings (SSSR count). The van der Waals surface area contributed by atoms with Gasteiger partial charge in [0.2, 0.25) is 0 Å². The van der Waals surface area contributed by atoms with Crippen LogP contribution >= 0.6 is 0 Å². The Morgan fingerprint density at radius 2 is 2.00 bits per heavy atom. The number of fused-ring (bicyclic) bond motifs is 1. The first kappa shape index (κ1) is 13.2. The van der Waals surface area contributed by atoms with Crippen molar-refractivity contribution in [2.75, 3.05) is 32.7 Å². The Kier molecular flexibility index (Phi) is 3.49. The monoisotopic (exact) mass is 271 g/mol. The summed E-state index contributed by atoms with van der Waals surface area (Å²) in [6.45, 7) is 8.89. The van der Waals surface area contributed by atoms with E-state index >= 15 is 0 Å². The van der Waals surface area contributed by atoms with E-state index in [1.165, 1.54) is 5.56 Å². The smallest absolute Gasteiger partial charge is 0.270 e. The zero-order chi connectivity index (χ0) is 14.1. The van der Waals surface area contributed by atoms with E-state index in [0.29, 0.717) is 5.69 Å². The van der Waals surface area contributed by atoms with Gasteiger partial charge >= 0.3 is 0 Å². The Labute approximate surface area is 119 Å². The van der Waals surface area contributed by atoms with Crippen LogP contribution in [0.25, 0.3) is 10.9 Å². The van der Waals surface area contributed by atoms with Gasteiger partial charge in [0, 0.05) is 37.1 Å². The average molecular weight is 271 g/mol. The van der Waals surface area contributed by atoms with E-state index in [0.717, 1.165) is 43.6 Å². The van der Waals surface area contributed by atoms with Gasteiger partial charge < -0.3 is 14.8 Å². The molecule has 1 N–H and O–H groups in total. The van der Waals surface area contributed by atoms with Crippen LogP contribution in [0.15, 0.2) is 24.3 Å². The van der Waals surface area contributed by atoms with Gasteiger partial charge in [-0.15, -0.1) is 0 Å². The highest BCUT2D eigenvalue weighted by Crippen LogP contribution is 2.20. The molecule has 1 aromatic carbocycles. The van der Waals surface area contributed by atoms with Gasteiger partial charge in [0.05, 0.1) is 0 Å². The standard InChI is InChI=1S/C16H21N3O/c1-3-18-7-9-19(10-8-18)16(20)15-11-13-12(2)5-4-6-14(13)17-15/h4-6,11,17H,3,7-10H2,1-2H3. The number of H-pyrrole nitrogens is 1. The van der Waals surface area contributed by atoms with Gasteiger partial charge in [-0.2, -0.15) is 0 Å². The summed E-state index contributed by atoms with van der Waals surface area (Å²) in [7, 11) is 0. The summed E-state index contributed by atoms with van der Waals surface area (Å²) >= 11 is 0. The van der Waals surface area contributed by atoms with Crippen molar-refractivity contribution in [1.82, 2.24) is 14.8 Å². The molecule has 0 spiro atoms. The molecule has 1 aliphatic rings. The van der Waals surface area contributed by atoms with Crippen LogP contribution in [0.5, 0.6) is 0 Å². The maximum Gasteiger partial charge on any atom is 0.270 e. The first-order chi connectivity index (χ1) is 9.69. The Morgan fingerprint density at radius 3 is 2.65 bits per heavy atom. The number of amides is 1. The number of likely N-dealkylation sites (N-methyl/N-ethyl adjacent to an activating group) is 1. The fraction of sp³-hybridized carbons (Fsp3) is 0.438. The zero-order valence-corrected chi connectivity index (χ0v) is 12.1. The molecule has 0 radical (unpaired) electrons. The number of hydrogen-bond acceptors (Lipinski definition) is 2. The highest BCUT2D eigenvalue weighted by molar-refractivity contribution is 5.98. The van der Waals surface area contributed by atoms with E-state index in [-0.39, 0.29) is 5.91 Å². The molecule has 0 atom stereocenters. The van der Waals surface area contributed by atoms with E-state index in [9.17, 15) is 4.79 Å². The molecule has 2 heterocycles. The summed E-state index contributed by atoms with van der Waals surface area (Å²) < 4.78 is 0. The molecule has 0 unspecified atom stereocenters. The van der Waals surface area contributed by atoms with Crippen LogP contribution in [0.4, 0.5) is 0 Å². The van der Waals surface area contributed by atoms with Crippen molar-refractivity contribution in [2.24, 2.45) is 0 Å². The van der Waals surface area contributed by atoms with Crippen molar-refractivity contribution in [3.05, 3.63) is 35.5 Å². The number of hydrogen-bond donors (Lipinski definition) is 1. The number of nitrogens with one attached hydrogen (secondary N) is 1. The van der Waals surface area contributed by atoms with Crippen LogP contribution in [0.2, 0.25) is 0 Å². The summed E-state index contributed by atoms with van der Waals surface area (Å²) in [5.41, 5.74) is 2.95. The molecule has 0 aliphatic carbocycles. The lowest BCUT2D eigenvalue weighted by Gasteiger charge is -2.33. The Morgan fingerprint density at radius 1 is 1.25 bits per heavy atom. The molecule has 20 heavy (non-hydrogen) atoms. The molecule has 0 bridgehead atoms. The van der Waals surface area contributed by atoms with Crippen LogP contribution in [-0.2, 0) is 0 Å². The second kappa shape index (κ2) is 5.29. The van der Waals surface area contributed by atoms with Gasteiger partial charge in [-0.25, -0.2) is 0 Å². The normalized spacial score (nSPS) is 16.8. The maximum atomic E-state index is 12.6. The van der Waals surface area contributed by atoms with E-state index < -0.39 is 0 Å². The number of nitrogens with zero attached hydrogens (tertiary/aromatic N) is 2. The fourth-order valence-electron chi connectivity index (χ4n) is 2.86. The van der Waals surface area contributed by atoms with Crippen molar-refractivity contribution in [3.8, 4) is 0 Å². The van der Waals surface area contributed by atoms with Gasteiger partial charge in [0.25, 0.3) is 5.91 Å². The highest BCUT2D eigenvalue weighted by Gasteiger charge is 2.22. The predicted octanol–water partition coefficient (Wildman–Crippen LogP) is 2.25. The summed E-state index contributed by atoms with van der Waals surface area (Å²) in [4.78, 5) is 20.1. The highest BCUT2D eigenvalue weighted by atomic mass is 16.2. The van der Waals surface area contributed by atoms with Crippen molar-refractivity contribution in [3.63, 3.8) is 0 Å². The summed E-state index contributed by atoms with van der Waals surface area (Å²) in [5, 5.41) is 1.14. The first-order valence-corrected chi connectivity index (χ1v) is 7.29. The van der Waals surface area contributed by atoms with Gasteiger partial charge in [-0.3, -0.25) is 4.79 Å². The largest absolute Gasteiger partial charge is 0.351 e. The lowest BCUT2D eigenvalue weighted by molar-refractivity contribution is 0.0638. The third-order valence-electron chi connectivity index (χ3n) is 4.22. The molecular weight excluding hydrogens is 250 g/mol. The van der Waals surface area contributed by atoms with Crippen LogP contribution in [-0.4, -0.2) is 53.4 Å². The van der Waals surface area contributed by atoms with Gasteiger partial charge in [-0.05, 0) is 31.2 Å². The zero-order valence-electron chi connectivity index (χ0n) is 12.1. The number of carbonyl (C=O) groups excluding carboxylic acids is 1. The number of benzene rings is 1. The second-order valence-electron chi connectivity index (χ2n) is 5.45. The molecule has 1 aromatic heterocycles. The fourth-order valence-corrected chi connectivity index (χ4v) is 2.86. The lowest BCUT2D eigenvalue weighted by Crippen LogP contribution is -2.48. The number of rotatable bonds is 2. The Hall–Kier alpha value is -1.81. The number of carbonyl (C=O) groups is 1. The first-order valence-electron chi connectivity index (χ1n) is 7.29. The van der Waals surface area contributed by atoms with Gasteiger partial charge in [0.1, 0.15) is 5.69 Å². The van der Waals surface area contributed by atoms with Crippen molar-refractivity contribution >= 4 is 16.8 Å². The average Bonchev–Trinajstić information content (AvgIpc) is 2.92. The minimum Gasteiger partial charge on any atom is -0.351 e. The SMILES string of the molecule is CCN1CCN(C(=O)c2cc3c(C)cccc3[nH]2)CC1. The summed E-state index contributed by atoms with van der Waals surface area (Å²) in [5.74, 6) is 0.122. The van der Waals surface area contributed by atoms with Crippen LogP contribution in [0.3, 0.4) is 0 Å². The lowest BCUT2D eigenvalue weighted by atomic mass is 10.1. The van der Waals surface area contributed by atoms with Crippen LogP contribution in [0.1, 0.15) is 23.0 Å². The van der Waals surface area contributed by atoms with E-state index in [1.807, 2.05) is 23.1 Å². The Bertz CT molecular complexity index is 624. The van der Waals surface area contributed by atoms with E-state index in [1.54, 1.807) is 0 Å². The number of aromatic nitrogens is 1. The minimum atomic E-state index is 0.122. The van der Waals surface area contributed by atoms with Crippen molar-refractivity contribution < 1.29 is 4.79 Å². The topological polar surface area (TPSA) is 39.3 Å². The molecule has 4 heteroatoms. The molecule has 0 saturated carbocycles. The molecule has 106 valence electrons. The Balaban J connectivity index is 1.81. The van der Waals surface area contributed by atoms with Gasteiger partial charge in [0.15, 0.2) is 0 Å². The second-order valence-corrected chi connectivity index (χ2v) is 5.45. The summed E-state index contributed by atoms with van der Waals surface area (Å²) in [6, 6.07) is 8.10. The number of aromatic amines is 1. The molecular formula is C16H21N3O. The molecule has 2 aromatic rings. The molecule has 1 fully saturated rings. The molecule has 4 nitrogen and oxygen atoms in total. The predicted molar refractivity (Wildman–Crippen MR) is 81.1 cm³/mol. The van der Waals surface area contributed by atoms with Crippen LogP contribution in [0, 0.1) is 6.92 Å². The third-order valence-corrected chi connectivity index (χ3v) is 4.22. The molecule has 1 aliphatic heterocycles. The summed E-state index contributed by atoms with van der Waals surface area (Å²) in [6.07, 6.45) is 0. The maximum absolute atomic E-state index is 12.6. The third kappa shape index (κ3) is 2.31. The van der Waals surface area contributed by atoms with E-state index in [4.69, 9.17) is 0 Å². The quantitative estimate of drug-likeness (QED) is 0.910. The molecule has 1 amide bonds. The van der Waals surface area contributed by atoms with Crippen LogP contribution < -0.4 is 0 Å². The number of piperazine rings is 1. The van der Waals surface area contributed by atoms with Crippen molar-refractivity contribution in [1.29, 1.82) is 0 Å². The minimum absolute atomic E-state index is 0.122. The van der Waals surface area contributed by atoms with E-state index in [2.05, 4.69) is 29.8 Å². The number of aryl methyl sites for hydroxylation is 1. The molecule has 1 saturated heterocycles. The van der Waals surface area contributed by atoms with Gasteiger partial charge in [-0.1, -0.05) is 19.1 Å².